The molecule has 1 unspecified atom stereocenters. The Morgan fingerprint density at radius 1 is 1.37 bits per heavy atom. The average Bonchev–Trinajstić information content (AvgIpc) is 2.82. The Hall–Kier alpha value is -1.64. The molecule has 0 saturated carbocycles. The normalized spacial score (nSPS) is 12.8. The van der Waals surface area contributed by atoms with Gasteiger partial charge in [-0.2, -0.15) is 0 Å². The first-order valence-corrected chi connectivity index (χ1v) is 6.98. The summed E-state index contributed by atoms with van der Waals surface area (Å²) < 4.78 is 13.1. The van der Waals surface area contributed by atoms with Crippen LogP contribution >= 0.6 is 0 Å². The van der Waals surface area contributed by atoms with Crippen molar-refractivity contribution < 1.29 is 9.18 Å². The zero-order chi connectivity index (χ0) is 13.8. The third-order valence-electron chi connectivity index (χ3n) is 3.68. The third kappa shape index (κ3) is 2.86. The second kappa shape index (κ2) is 6.00. The number of fused-ring (bicyclic) bond motifs is 1. The van der Waals surface area contributed by atoms with Gasteiger partial charge in [-0.15, -0.1) is 0 Å². The Bertz CT molecular complexity index is 573. The second-order valence-corrected chi connectivity index (χ2v) is 5.00. The number of ketones is 1. The van der Waals surface area contributed by atoms with E-state index in [9.17, 15) is 9.18 Å². The van der Waals surface area contributed by atoms with Crippen LogP contribution in [0.25, 0.3) is 10.9 Å². The van der Waals surface area contributed by atoms with Crippen molar-refractivity contribution in [2.75, 3.05) is 0 Å². The van der Waals surface area contributed by atoms with E-state index in [0.717, 1.165) is 31.1 Å². The van der Waals surface area contributed by atoms with Crippen LogP contribution in [0.2, 0.25) is 0 Å². The highest BCUT2D eigenvalue weighted by Gasteiger charge is 2.20. The van der Waals surface area contributed by atoms with Crippen molar-refractivity contribution in [3.8, 4) is 0 Å². The fourth-order valence-electron chi connectivity index (χ4n) is 2.49. The quantitative estimate of drug-likeness (QED) is 0.751. The molecule has 3 heteroatoms. The highest BCUT2D eigenvalue weighted by molar-refractivity contribution is 6.08. The number of nitrogens with one attached hydrogen (secondary N) is 1. The van der Waals surface area contributed by atoms with E-state index >= 15 is 0 Å². The lowest BCUT2D eigenvalue weighted by molar-refractivity contribution is 0.0910. The number of carbonyl (C=O) groups excluding carboxylic acids is 1. The first-order valence-electron chi connectivity index (χ1n) is 6.98. The molecule has 2 rings (SSSR count). The molecule has 1 N–H and O–H groups in total. The molecular formula is C16H20FNO. The molecule has 0 spiro atoms. The van der Waals surface area contributed by atoms with Gasteiger partial charge in [0.1, 0.15) is 5.82 Å². The van der Waals surface area contributed by atoms with Crippen molar-refractivity contribution in [3.05, 3.63) is 35.8 Å². The Kier molecular flexibility index (Phi) is 4.35. The van der Waals surface area contributed by atoms with E-state index < -0.39 is 0 Å². The number of hydrogen-bond acceptors (Lipinski definition) is 1. The summed E-state index contributed by atoms with van der Waals surface area (Å²) in [5.41, 5.74) is 1.38. The number of unbranched alkanes of at least 4 members (excludes halogenated alkanes) is 1. The van der Waals surface area contributed by atoms with Crippen LogP contribution in [0.15, 0.2) is 24.4 Å². The molecule has 0 fully saturated rings. The molecule has 1 heterocycles. The molecule has 1 aromatic heterocycles. The molecule has 2 nitrogen and oxygen atoms in total. The zero-order valence-corrected chi connectivity index (χ0v) is 11.5. The zero-order valence-electron chi connectivity index (χ0n) is 11.5. The molecule has 102 valence electrons. The number of hydrogen-bond donors (Lipinski definition) is 1. The minimum Gasteiger partial charge on any atom is -0.360 e. The molecule has 2 aromatic rings. The fraction of sp³-hybridized carbons (Fsp3) is 0.438. The minimum absolute atomic E-state index is 0.0732. The molecule has 1 atom stereocenters. The van der Waals surface area contributed by atoms with Gasteiger partial charge in [-0.3, -0.25) is 4.79 Å². The molecule has 1 aromatic carbocycles. The summed E-state index contributed by atoms with van der Waals surface area (Å²) in [5, 5.41) is 0.821. The van der Waals surface area contributed by atoms with Gasteiger partial charge in [-0.25, -0.2) is 4.39 Å². The number of aromatic amines is 1. The van der Waals surface area contributed by atoms with E-state index in [-0.39, 0.29) is 17.5 Å². The van der Waals surface area contributed by atoms with Gasteiger partial charge in [0.2, 0.25) is 0 Å². The third-order valence-corrected chi connectivity index (χ3v) is 3.68. The summed E-state index contributed by atoms with van der Waals surface area (Å²) in [6, 6.07) is 4.51. The highest BCUT2D eigenvalue weighted by atomic mass is 19.1. The predicted octanol–water partition coefficient (Wildman–Crippen LogP) is 4.71. The van der Waals surface area contributed by atoms with Gasteiger partial charge in [0.25, 0.3) is 0 Å². The number of aromatic nitrogens is 1. The van der Waals surface area contributed by atoms with E-state index in [1.54, 1.807) is 12.3 Å². The van der Waals surface area contributed by atoms with Crippen molar-refractivity contribution in [2.24, 2.45) is 5.92 Å². The molecule has 0 aliphatic rings. The van der Waals surface area contributed by atoms with Gasteiger partial charge >= 0.3 is 0 Å². The topological polar surface area (TPSA) is 32.9 Å². The van der Waals surface area contributed by atoms with E-state index in [1.807, 2.05) is 6.92 Å². The summed E-state index contributed by atoms with van der Waals surface area (Å²) in [7, 11) is 0. The monoisotopic (exact) mass is 261 g/mol. The average molecular weight is 261 g/mol. The number of carbonyl (C=O) groups is 1. The van der Waals surface area contributed by atoms with Crippen LogP contribution in [0, 0.1) is 11.7 Å². The lowest BCUT2D eigenvalue weighted by Gasteiger charge is -2.12. The van der Waals surface area contributed by atoms with E-state index in [1.165, 1.54) is 12.1 Å². The van der Waals surface area contributed by atoms with Gasteiger partial charge in [0.05, 0.1) is 0 Å². The maximum atomic E-state index is 13.1. The number of halogens is 1. The van der Waals surface area contributed by atoms with Crippen LogP contribution in [0.1, 0.15) is 49.9 Å². The van der Waals surface area contributed by atoms with Crippen LogP contribution in [-0.2, 0) is 0 Å². The lowest BCUT2D eigenvalue weighted by atomic mass is 9.90. The van der Waals surface area contributed by atoms with Crippen molar-refractivity contribution >= 4 is 16.7 Å². The lowest BCUT2D eigenvalue weighted by Crippen LogP contribution is -2.13. The van der Waals surface area contributed by atoms with E-state index in [4.69, 9.17) is 0 Å². The van der Waals surface area contributed by atoms with Gasteiger partial charge in [0, 0.05) is 28.6 Å². The molecule has 0 saturated heterocycles. The number of Topliss-reactive ketones (excluding diaryl/α,β-unsaturated/α-hetero) is 1. The highest BCUT2D eigenvalue weighted by Crippen LogP contribution is 2.25. The van der Waals surface area contributed by atoms with E-state index in [2.05, 4.69) is 11.9 Å². The summed E-state index contributed by atoms with van der Waals surface area (Å²) in [6.07, 6.45) is 5.66. The van der Waals surface area contributed by atoms with Crippen LogP contribution < -0.4 is 0 Å². The van der Waals surface area contributed by atoms with Gasteiger partial charge in [-0.1, -0.05) is 26.7 Å². The number of rotatable bonds is 6. The summed E-state index contributed by atoms with van der Waals surface area (Å²) in [4.78, 5) is 15.5. The summed E-state index contributed by atoms with van der Waals surface area (Å²) in [5.74, 6) is -0.0378. The first kappa shape index (κ1) is 13.8. The number of H-pyrrole nitrogens is 1. The van der Waals surface area contributed by atoms with Crippen molar-refractivity contribution in [1.82, 2.24) is 4.98 Å². The van der Waals surface area contributed by atoms with Crippen molar-refractivity contribution in [3.63, 3.8) is 0 Å². The Morgan fingerprint density at radius 3 is 2.84 bits per heavy atom. The molecule has 0 bridgehead atoms. The summed E-state index contributed by atoms with van der Waals surface area (Å²) in [6.45, 7) is 4.18. The maximum Gasteiger partial charge on any atom is 0.168 e. The van der Waals surface area contributed by atoms with E-state index in [0.29, 0.717) is 11.1 Å². The Morgan fingerprint density at radius 2 is 2.16 bits per heavy atom. The molecular weight excluding hydrogens is 241 g/mol. The molecule has 0 radical (unpaired) electrons. The van der Waals surface area contributed by atoms with Crippen LogP contribution in [0.3, 0.4) is 0 Å². The number of benzene rings is 1. The fourth-order valence-corrected chi connectivity index (χ4v) is 2.49. The van der Waals surface area contributed by atoms with Crippen molar-refractivity contribution in [1.29, 1.82) is 0 Å². The molecule has 0 aliphatic heterocycles. The predicted molar refractivity (Wildman–Crippen MR) is 75.9 cm³/mol. The van der Waals surface area contributed by atoms with Crippen molar-refractivity contribution in [2.45, 2.75) is 39.5 Å². The van der Waals surface area contributed by atoms with Crippen LogP contribution in [0.4, 0.5) is 4.39 Å². The Balaban J connectivity index is 2.30. The standard InChI is InChI=1S/C16H20FNO/c1-3-5-6-11(4-2)16(19)14-10-18-15-9-12(17)7-8-13(14)15/h7-11,18H,3-6H2,1-2H3. The molecule has 19 heavy (non-hydrogen) atoms. The SMILES string of the molecule is CCCCC(CC)C(=O)c1c[nH]c2cc(F)ccc12. The van der Waals surface area contributed by atoms with Gasteiger partial charge < -0.3 is 4.98 Å². The molecule has 0 aliphatic carbocycles. The smallest absolute Gasteiger partial charge is 0.168 e. The largest absolute Gasteiger partial charge is 0.360 e. The van der Waals surface area contributed by atoms with Crippen LogP contribution in [0.5, 0.6) is 0 Å². The summed E-state index contributed by atoms with van der Waals surface area (Å²) >= 11 is 0. The van der Waals surface area contributed by atoms with Gasteiger partial charge in [0.15, 0.2) is 5.78 Å². The minimum atomic E-state index is -0.286. The molecule has 0 amide bonds. The Labute approximate surface area is 113 Å². The van der Waals surface area contributed by atoms with Crippen LogP contribution in [-0.4, -0.2) is 10.8 Å². The second-order valence-electron chi connectivity index (χ2n) is 5.00. The maximum absolute atomic E-state index is 13.1. The van der Waals surface area contributed by atoms with Gasteiger partial charge in [-0.05, 0) is 31.0 Å². The first-order chi connectivity index (χ1) is 9.17.